The van der Waals surface area contributed by atoms with E-state index in [1.165, 1.54) is 57.8 Å². The summed E-state index contributed by atoms with van der Waals surface area (Å²) in [5.74, 6) is 2.24. The number of carbonyl (C=O) groups is 2. The number of hydrogen-bond donors (Lipinski definition) is 1. The topological polar surface area (TPSA) is 55.4 Å². The van der Waals surface area contributed by atoms with Crippen LogP contribution in [0.15, 0.2) is 0 Å². The van der Waals surface area contributed by atoms with Gasteiger partial charge in [-0.3, -0.25) is 9.59 Å². The summed E-state index contributed by atoms with van der Waals surface area (Å²) in [6.07, 6.45) is 13.4. The van der Waals surface area contributed by atoms with Crippen molar-refractivity contribution in [3.05, 3.63) is 0 Å². The van der Waals surface area contributed by atoms with Gasteiger partial charge in [-0.1, -0.05) is 19.3 Å². The highest BCUT2D eigenvalue weighted by atomic mass is 16.5. The molecule has 0 aromatic rings. The van der Waals surface area contributed by atoms with Crippen molar-refractivity contribution in [1.82, 2.24) is 5.32 Å². The fraction of sp³-hybridized carbons (Fsp3) is 0.905. The summed E-state index contributed by atoms with van der Waals surface area (Å²) in [6, 6.07) is 0.269. The number of amides is 1. The van der Waals surface area contributed by atoms with E-state index in [0.29, 0.717) is 6.42 Å². The van der Waals surface area contributed by atoms with Crippen LogP contribution in [0.5, 0.6) is 0 Å². The van der Waals surface area contributed by atoms with Gasteiger partial charge in [0.2, 0.25) is 0 Å². The molecule has 4 heteroatoms. The number of nitrogens with one attached hydrogen (secondary N) is 1. The van der Waals surface area contributed by atoms with Gasteiger partial charge in [-0.05, 0) is 81.5 Å². The van der Waals surface area contributed by atoms with Crippen LogP contribution in [0.2, 0.25) is 0 Å². The lowest BCUT2D eigenvalue weighted by molar-refractivity contribution is -0.161. The summed E-state index contributed by atoms with van der Waals surface area (Å²) < 4.78 is 5.54. The molecule has 0 aliphatic heterocycles. The molecule has 5 fully saturated rings. The van der Waals surface area contributed by atoms with E-state index < -0.39 is 6.10 Å². The van der Waals surface area contributed by atoms with Crippen LogP contribution in [0, 0.1) is 23.2 Å². The maximum atomic E-state index is 12.5. The molecular formula is C21H33NO3. The molecule has 0 aromatic heterocycles. The first-order valence-corrected chi connectivity index (χ1v) is 10.5. The van der Waals surface area contributed by atoms with Crippen molar-refractivity contribution in [3.63, 3.8) is 0 Å². The molecule has 4 nitrogen and oxygen atoms in total. The van der Waals surface area contributed by atoms with E-state index >= 15 is 0 Å². The number of hydrogen-bond acceptors (Lipinski definition) is 3. The van der Waals surface area contributed by atoms with Gasteiger partial charge in [-0.15, -0.1) is 0 Å². The Morgan fingerprint density at radius 3 is 2.12 bits per heavy atom. The Morgan fingerprint density at radius 1 is 1.00 bits per heavy atom. The molecule has 0 radical (unpaired) electrons. The zero-order chi connectivity index (χ0) is 17.4. The minimum absolute atomic E-state index is 0.120. The largest absolute Gasteiger partial charge is 0.453 e. The van der Waals surface area contributed by atoms with Crippen LogP contribution in [0.3, 0.4) is 0 Å². The normalized spacial score (nSPS) is 38.4. The van der Waals surface area contributed by atoms with Crippen molar-refractivity contribution < 1.29 is 14.3 Å². The summed E-state index contributed by atoms with van der Waals surface area (Å²) >= 11 is 0. The Hall–Kier alpha value is -1.06. The number of ether oxygens (including phenoxy) is 1. The van der Waals surface area contributed by atoms with E-state index in [1.807, 2.05) is 0 Å². The summed E-state index contributed by atoms with van der Waals surface area (Å²) in [6.45, 7) is 1.72. The fourth-order valence-corrected chi connectivity index (χ4v) is 6.67. The predicted octanol–water partition coefficient (Wildman–Crippen LogP) is 3.97. The van der Waals surface area contributed by atoms with E-state index in [-0.39, 0.29) is 23.3 Å². The van der Waals surface area contributed by atoms with Gasteiger partial charge in [0, 0.05) is 6.04 Å². The average molecular weight is 347 g/mol. The third-order valence-corrected chi connectivity index (χ3v) is 7.31. The second kappa shape index (κ2) is 6.92. The Kier molecular flexibility index (Phi) is 4.81. The van der Waals surface area contributed by atoms with Crippen LogP contribution >= 0.6 is 0 Å². The lowest BCUT2D eigenvalue weighted by atomic mass is 9.49. The SMILES string of the molecule is C[C@H](OC(=O)CC12CC3CC(CC(C3)C1)C2)C(=O)NC1CCCCC1. The molecule has 0 heterocycles. The Balaban J connectivity index is 1.27. The van der Waals surface area contributed by atoms with Gasteiger partial charge in [0.1, 0.15) is 0 Å². The smallest absolute Gasteiger partial charge is 0.307 e. The lowest BCUT2D eigenvalue weighted by Crippen LogP contribution is -2.47. The quantitative estimate of drug-likeness (QED) is 0.766. The highest BCUT2D eigenvalue weighted by Gasteiger charge is 2.51. The first-order chi connectivity index (χ1) is 12.0. The predicted molar refractivity (Wildman–Crippen MR) is 95.8 cm³/mol. The molecule has 5 saturated carbocycles. The monoisotopic (exact) mass is 347 g/mol. The first-order valence-electron chi connectivity index (χ1n) is 10.5. The number of esters is 1. The van der Waals surface area contributed by atoms with Crippen molar-refractivity contribution in [2.75, 3.05) is 0 Å². The van der Waals surface area contributed by atoms with Crippen LogP contribution < -0.4 is 5.32 Å². The van der Waals surface area contributed by atoms with Crippen LogP contribution in [0.25, 0.3) is 0 Å². The molecule has 1 amide bonds. The minimum atomic E-state index is -0.664. The van der Waals surface area contributed by atoms with E-state index in [4.69, 9.17) is 4.74 Å². The molecule has 140 valence electrons. The summed E-state index contributed by atoms with van der Waals surface area (Å²) in [7, 11) is 0. The molecule has 0 saturated heterocycles. The Labute approximate surface area is 151 Å². The van der Waals surface area contributed by atoms with E-state index in [0.717, 1.165) is 30.6 Å². The molecule has 25 heavy (non-hydrogen) atoms. The first kappa shape index (κ1) is 17.4. The van der Waals surface area contributed by atoms with Gasteiger partial charge in [-0.2, -0.15) is 0 Å². The van der Waals surface area contributed by atoms with Gasteiger partial charge in [0.25, 0.3) is 5.91 Å². The molecule has 5 rings (SSSR count). The van der Waals surface area contributed by atoms with Crippen LogP contribution in [0.1, 0.15) is 84.0 Å². The van der Waals surface area contributed by atoms with Crippen LogP contribution in [-0.4, -0.2) is 24.0 Å². The summed E-state index contributed by atoms with van der Waals surface area (Å²) in [4.78, 5) is 24.9. The third kappa shape index (κ3) is 3.88. The van der Waals surface area contributed by atoms with Gasteiger partial charge < -0.3 is 10.1 Å². The van der Waals surface area contributed by atoms with Crippen molar-refractivity contribution in [3.8, 4) is 0 Å². The molecule has 0 spiro atoms. The lowest BCUT2D eigenvalue weighted by Gasteiger charge is -2.56. The second-order valence-corrected chi connectivity index (χ2v) is 9.57. The molecule has 5 aliphatic rings. The fourth-order valence-electron chi connectivity index (χ4n) is 6.67. The maximum absolute atomic E-state index is 12.5. The zero-order valence-corrected chi connectivity index (χ0v) is 15.6. The minimum Gasteiger partial charge on any atom is -0.453 e. The standard InChI is InChI=1S/C21H33NO3/c1-14(20(24)22-18-5-3-2-4-6-18)25-19(23)13-21-10-15-7-16(11-21)9-17(8-15)12-21/h14-18H,2-13H2,1H3,(H,22,24)/t14-,15?,16?,17?,21?/m0/s1. The highest BCUT2D eigenvalue weighted by molar-refractivity contribution is 5.83. The van der Waals surface area contributed by atoms with Crippen LogP contribution in [0.4, 0.5) is 0 Å². The third-order valence-electron chi connectivity index (χ3n) is 7.31. The maximum Gasteiger partial charge on any atom is 0.307 e. The van der Waals surface area contributed by atoms with E-state index in [2.05, 4.69) is 5.32 Å². The molecule has 4 bridgehead atoms. The van der Waals surface area contributed by atoms with Crippen molar-refractivity contribution in [2.45, 2.75) is 96.1 Å². The molecular weight excluding hydrogens is 314 g/mol. The summed E-state index contributed by atoms with van der Waals surface area (Å²) in [5.41, 5.74) is 0.186. The number of rotatable bonds is 5. The van der Waals surface area contributed by atoms with Gasteiger partial charge >= 0.3 is 5.97 Å². The number of carbonyl (C=O) groups excluding carboxylic acids is 2. The van der Waals surface area contributed by atoms with Crippen LogP contribution in [-0.2, 0) is 14.3 Å². The molecule has 5 aliphatic carbocycles. The molecule has 0 aromatic carbocycles. The highest BCUT2D eigenvalue weighted by Crippen LogP contribution is 2.61. The van der Waals surface area contributed by atoms with Gasteiger partial charge in [0.05, 0.1) is 6.42 Å². The van der Waals surface area contributed by atoms with Crippen molar-refractivity contribution in [2.24, 2.45) is 23.2 Å². The molecule has 0 unspecified atom stereocenters. The van der Waals surface area contributed by atoms with Crippen molar-refractivity contribution >= 4 is 11.9 Å². The van der Waals surface area contributed by atoms with Gasteiger partial charge in [-0.25, -0.2) is 0 Å². The zero-order valence-electron chi connectivity index (χ0n) is 15.6. The molecule has 1 atom stereocenters. The van der Waals surface area contributed by atoms with E-state index in [9.17, 15) is 9.59 Å². The molecule has 1 N–H and O–H groups in total. The van der Waals surface area contributed by atoms with E-state index in [1.54, 1.807) is 6.92 Å². The summed E-state index contributed by atoms with van der Waals surface area (Å²) in [5, 5.41) is 3.07. The second-order valence-electron chi connectivity index (χ2n) is 9.57. The average Bonchev–Trinajstić information content (AvgIpc) is 2.53. The van der Waals surface area contributed by atoms with Gasteiger partial charge in [0.15, 0.2) is 6.10 Å². The Bertz CT molecular complexity index is 488. The Morgan fingerprint density at radius 2 is 1.56 bits per heavy atom. The van der Waals surface area contributed by atoms with Crippen molar-refractivity contribution in [1.29, 1.82) is 0 Å².